The maximum atomic E-state index is 13.1. The summed E-state index contributed by atoms with van der Waals surface area (Å²) in [4.78, 5) is 3.89. The Balaban J connectivity index is 2.60. The molecule has 0 saturated heterocycles. The largest absolute Gasteiger partial charge is 0.382 e. The van der Waals surface area contributed by atoms with E-state index in [4.69, 9.17) is 4.74 Å². The fourth-order valence-electron chi connectivity index (χ4n) is 1.67. The Bertz CT molecular complexity index is 320. The maximum absolute atomic E-state index is 13.1. The highest BCUT2D eigenvalue weighted by Gasteiger charge is 2.11. The Morgan fingerprint density at radius 2 is 2.24 bits per heavy atom. The molecule has 1 atom stereocenters. The number of rotatable bonds is 8. The summed E-state index contributed by atoms with van der Waals surface area (Å²) in [7, 11) is 0. The monoisotopic (exact) mass is 240 g/mol. The first-order chi connectivity index (χ1) is 8.27. The molecule has 1 heterocycles. The predicted molar refractivity (Wildman–Crippen MR) is 66.3 cm³/mol. The third-order valence-electron chi connectivity index (χ3n) is 2.52. The topological polar surface area (TPSA) is 34.1 Å². The van der Waals surface area contributed by atoms with E-state index in [-0.39, 0.29) is 11.9 Å². The molecule has 17 heavy (non-hydrogen) atoms. The molecule has 1 aromatic rings. The average Bonchev–Trinajstić information content (AvgIpc) is 2.33. The summed E-state index contributed by atoms with van der Waals surface area (Å²) in [5, 5.41) is 3.39. The van der Waals surface area contributed by atoms with E-state index in [9.17, 15) is 4.39 Å². The fraction of sp³-hybridized carbons (Fsp3) is 0.615. The molecule has 1 aromatic heterocycles. The second-order valence-corrected chi connectivity index (χ2v) is 3.93. The zero-order valence-electron chi connectivity index (χ0n) is 10.6. The first-order valence-electron chi connectivity index (χ1n) is 6.19. The third-order valence-corrected chi connectivity index (χ3v) is 2.52. The number of nitrogens with one attached hydrogen (secondary N) is 1. The van der Waals surface area contributed by atoms with Crippen molar-refractivity contribution in [2.75, 3.05) is 19.8 Å². The Hall–Kier alpha value is -1.00. The minimum atomic E-state index is -0.290. The van der Waals surface area contributed by atoms with E-state index < -0.39 is 0 Å². The second kappa shape index (κ2) is 8.14. The van der Waals surface area contributed by atoms with Gasteiger partial charge >= 0.3 is 0 Å². The van der Waals surface area contributed by atoms with Crippen LogP contribution in [0.3, 0.4) is 0 Å². The van der Waals surface area contributed by atoms with Crippen LogP contribution in [0.4, 0.5) is 4.39 Å². The van der Waals surface area contributed by atoms with E-state index in [0.29, 0.717) is 13.2 Å². The lowest BCUT2D eigenvalue weighted by molar-refractivity contribution is 0.136. The molecule has 0 radical (unpaired) electrons. The lowest BCUT2D eigenvalue weighted by Crippen LogP contribution is -2.23. The highest BCUT2D eigenvalue weighted by molar-refractivity contribution is 5.15. The van der Waals surface area contributed by atoms with Gasteiger partial charge in [-0.15, -0.1) is 0 Å². The zero-order valence-corrected chi connectivity index (χ0v) is 10.6. The molecule has 0 aliphatic carbocycles. The molecule has 96 valence electrons. The molecule has 0 saturated carbocycles. The first kappa shape index (κ1) is 14.1. The quantitative estimate of drug-likeness (QED) is 0.709. The Labute approximate surface area is 102 Å². The molecule has 0 aromatic carbocycles. The number of hydrogen-bond acceptors (Lipinski definition) is 3. The van der Waals surface area contributed by atoms with Gasteiger partial charge in [-0.05, 0) is 37.9 Å². The van der Waals surface area contributed by atoms with E-state index >= 15 is 0 Å². The van der Waals surface area contributed by atoms with Gasteiger partial charge in [0.2, 0.25) is 0 Å². The van der Waals surface area contributed by atoms with Crippen molar-refractivity contribution in [3.63, 3.8) is 0 Å². The van der Waals surface area contributed by atoms with Crippen LogP contribution in [0.5, 0.6) is 0 Å². The van der Waals surface area contributed by atoms with Crippen molar-refractivity contribution in [1.29, 1.82) is 0 Å². The smallest absolute Gasteiger partial charge is 0.141 e. The summed E-state index contributed by atoms with van der Waals surface area (Å²) in [6.45, 7) is 6.37. The molecule has 0 spiro atoms. The molecule has 1 N–H and O–H groups in total. The van der Waals surface area contributed by atoms with Crippen LogP contribution in [0.1, 0.15) is 38.3 Å². The van der Waals surface area contributed by atoms with Gasteiger partial charge in [0.25, 0.3) is 0 Å². The summed E-state index contributed by atoms with van der Waals surface area (Å²) in [6.07, 6.45) is 4.82. The van der Waals surface area contributed by atoms with Crippen LogP contribution in [-0.2, 0) is 4.74 Å². The van der Waals surface area contributed by atoms with Crippen molar-refractivity contribution >= 4 is 0 Å². The molecule has 0 amide bonds. The molecule has 3 nitrogen and oxygen atoms in total. The van der Waals surface area contributed by atoms with Crippen molar-refractivity contribution in [2.24, 2.45) is 0 Å². The highest BCUT2D eigenvalue weighted by atomic mass is 19.1. The maximum Gasteiger partial charge on any atom is 0.141 e. The minimum Gasteiger partial charge on any atom is -0.382 e. The Morgan fingerprint density at radius 1 is 1.41 bits per heavy atom. The lowest BCUT2D eigenvalue weighted by Gasteiger charge is -2.18. The van der Waals surface area contributed by atoms with Gasteiger partial charge in [0.1, 0.15) is 5.82 Å². The van der Waals surface area contributed by atoms with Crippen molar-refractivity contribution in [2.45, 2.75) is 32.7 Å². The van der Waals surface area contributed by atoms with Gasteiger partial charge in [-0.25, -0.2) is 4.39 Å². The fourth-order valence-corrected chi connectivity index (χ4v) is 1.67. The molecular weight excluding hydrogens is 219 g/mol. The Kier molecular flexibility index (Phi) is 6.74. The molecular formula is C13H21FN2O. The predicted octanol–water partition coefficient (Wildman–Crippen LogP) is 2.69. The van der Waals surface area contributed by atoms with Crippen LogP contribution in [0, 0.1) is 5.82 Å². The summed E-state index contributed by atoms with van der Waals surface area (Å²) >= 11 is 0. The van der Waals surface area contributed by atoms with Crippen LogP contribution < -0.4 is 5.32 Å². The van der Waals surface area contributed by atoms with Crippen LogP contribution in [0.25, 0.3) is 0 Å². The van der Waals surface area contributed by atoms with Crippen LogP contribution >= 0.6 is 0 Å². The first-order valence-corrected chi connectivity index (χ1v) is 6.19. The van der Waals surface area contributed by atoms with E-state index in [1.54, 1.807) is 6.20 Å². The number of ether oxygens (including phenoxy) is 1. The van der Waals surface area contributed by atoms with Crippen molar-refractivity contribution in [1.82, 2.24) is 10.3 Å². The van der Waals surface area contributed by atoms with Gasteiger partial charge in [0, 0.05) is 25.5 Å². The molecule has 1 unspecified atom stereocenters. The van der Waals surface area contributed by atoms with Gasteiger partial charge in [-0.3, -0.25) is 4.98 Å². The number of aromatic nitrogens is 1. The van der Waals surface area contributed by atoms with Gasteiger partial charge in [-0.2, -0.15) is 0 Å². The second-order valence-electron chi connectivity index (χ2n) is 3.93. The molecule has 1 rings (SSSR count). The van der Waals surface area contributed by atoms with Crippen LogP contribution in [-0.4, -0.2) is 24.7 Å². The zero-order chi connectivity index (χ0) is 12.5. The normalized spacial score (nSPS) is 12.6. The molecule has 0 aliphatic heterocycles. The molecule has 0 fully saturated rings. The standard InChI is InChI=1S/C13H21FN2O/c1-3-6-16-13(5-7-17-4-2)11-8-12(14)10-15-9-11/h8-10,13,16H,3-7H2,1-2H3. The number of pyridine rings is 1. The number of halogens is 1. The number of hydrogen-bond donors (Lipinski definition) is 1. The SMILES string of the molecule is CCCNC(CCOCC)c1cncc(F)c1. The summed E-state index contributed by atoms with van der Waals surface area (Å²) in [5.41, 5.74) is 0.887. The van der Waals surface area contributed by atoms with Gasteiger partial charge in [0.05, 0.1) is 6.20 Å². The van der Waals surface area contributed by atoms with E-state index in [0.717, 1.165) is 24.9 Å². The van der Waals surface area contributed by atoms with E-state index in [1.165, 1.54) is 12.3 Å². The summed E-state index contributed by atoms with van der Waals surface area (Å²) < 4.78 is 18.5. The van der Waals surface area contributed by atoms with Gasteiger partial charge in [0.15, 0.2) is 0 Å². The Morgan fingerprint density at radius 3 is 2.88 bits per heavy atom. The van der Waals surface area contributed by atoms with Crippen LogP contribution in [0.15, 0.2) is 18.5 Å². The molecule has 0 aliphatic rings. The molecule has 0 bridgehead atoms. The van der Waals surface area contributed by atoms with Crippen molar-refractivity contribution < 1.29 is 9.13 Å². The summed E-state index contributed by atoms with van der Waals surface area (Å²) in [6, 6.07) is 1.65. The van der Waals surface area contributed by atoms with Crippen molar-refractivity contribution in [3.05, 3.63) is 29.8 Å². The lowest BCUT2D eigenvalue weighted by atomic mass is 10.1. The van der Waals surface area contributed by atoms with Gasteiger partial charge < -0.3 is 10.1 Å². The minimum absolute atomic E-state index is 0.115. The third kappa shape index (κ3) is 5.24. The molecule has 4 heteroatoms. The van der Waals surface area contributed by atoms with E-state index in [2.05, 4.69) is 17.2 Å². The average molecular weight is 240 g/mol. The van der Waals surface area contributed by atoms with E-state index in [1.807, 2.05) is 6.92 Å². The van der Waals surface area contributed by atoms with Gasteiger partial charge in [-0.1, -0.05) is 6.92 Å². The van der Waals surface area contributed by atoms with Crippen LogP contribution in [0.2, 0.25) is 0 Å². The highest BCUT2D eigenvalue weighted by Crippen LogP contribution is 2.16. The summed E-state index contributed by atoms with van der Waals surface area (Å²) in [5.74, 6) is -0.290. The van der Waals surface area contributed by atoms with Crippen molar-refractivity contribution in [3.8, 4) is 0 Å². The number of nitrogens with zero attached hydrogens (tertiary/aromatic N) is 1.